The lowest BCUT2D eigenvalue weighted by molar-refractivity contribution is -0.139. The van der Waals surface area contributed by atoms with Crippen molar-refractivity contribution in [1.29, 1.82) is 0 Å². The molecule has 0 saturated carbocycles. The molecule has 0 aliphatic carbocycles. The molecule has 0 saturated heterocycles. The van der Waals surface area contributed by atoms with E-state index in [-0.39, 0.29) is 24.8 Å². The normalized spacial score (nSPS) is 9.76. The maximum Gasteiger partial charge on any atom is 0.309 e. The highest BCUT2D eigenvalue weighted by molar-refractivity contribution is 6.35. The van der Waals surface area contributed by atoms with Crippen LogP contribution in [0.25, 0.3) is 0 Å². The minimum absolute atomic E-state index is 0.174. The molecule has 92 valence electrons. The third kappa shape index (κ3) is 4.82. The first-order valence-electron chi connectivity index (χ1n) is 5.00. The highest BCUT2D eigenvalue weighted by Crippen LogP contribution is 2.01. The molecule has 0 atom stereocenters. The Labute approximate surface area is 103 Å². The SMILES string of the molecule is O=C(NCCCl)C(=O)NCc1ccc(F)cc1. The first-order chi connectivity index (χ1) is 8.13. The average Bonchev–Trinajstić information content (AvgIpc) is 2.34. The molecule has 17 heavy (non-hydrogen) atoms. The summed E-state index contributed by atoms with van der Waals surface area (Å²) in [6.07, 6.45) is 0. The van der Waals surface area contributed by atoms with Gasteiger partial charge in [-0.3, -0.25) is 9.59 Å². The summed E-state index contributed by atoms with van der Waals surface area (Å²) in [7, 11) is 0. The van der Waals surface area contributed by atoms with E-state index in [1.165, 1.54) is 24.3 Å². The fourth-order valence-electron chi connectivity index (χ4n) is 1.11. The van der Waals surface area contributed by atoms with E-state index in [1.807, 2.05) is 0 Å². The van der Waals surface area contributed by atoms with E-state index in [2.05, 4.69) is 10.6 Å². The number of benzene rings is 1. The summed E-state index contributed by atoms with van der Waals surface area (Å²) in [5.74, 6) is -1.57. The lowest BCUT2D eigenvalue weighted by Gasteiger charge is -2.05. The molecule has 1 aromatic rings. The van der Waals surface area contributed by atoms with Gasteiger partial charge in [0.05, 0.1) is 0 Å². The van der Waals surface area contributed by atoms with E-state index in [4.69, 9.17) is 11.6 Å². The molecule has 1 aromatic carbocycles. The van der Waals surface area contributed by atoms with Gasteiger partial charge in [0.2, 0.25) is 0 Å². The van der Waals surface area contributed by atoms with Gasteiger partial charge in [-0.25, -0.2) is 4.39 Å². The number of alkyl halides is 1. The molecule has 0 aliphatic rings. The highest BCUT2D eigenvalue weighted by atomic mass is 35.5. The molecule has 4 nitrogen and oxygen atoms in total. The van der Waals surface area contributed by atoms with Crippen molar-refractivity contribution in [3.63, 3.8) is 0 Å². The van der Waals surface area contributed by atoms with Crippen molar-refractivity contribution in [3.05, 3.63) is 35.6 Å². The number of amides is 2. The zero-order chi connectivity index (χ0) is 12.7. The summed E-state index contributed by atoms with van der Waals surface area (Å²) in [6, 6.07) is 5.64. The second-order valence-corrected chi connectivity index (χ2v) is 3.63. The van der Waals surface area contributed by atoms with Gasteiger partial charge < -0.3 is 10.6 Å². The number of rotatable bonds is 4. The van der Waals surface area contributed by atoms with Gasteiger partial charge in [-0.2, -0.15) is 0 Å². The Bertz CT molecular complexity index is 395. The van der Waals surface area contributed by atoms with E-state index in [1.54, 1.807) is 0 Å². The Balaban J connectivity index is 2.37. The predicted molar refractivity (Wildman–Crippen MR) is 62.0 cm³/mol. The highest BCUT2D eigenvalue weighted by Gasteiger charge is 2.11. The van der Waals surface area contributed by atoms with Gasteiger partial charge >= 0.3 is 11.8 Å². The molecule has 0 unspecified atom stereocenters. The molecule has 0 radical (unpaired) electrons. The number of hydrogen-bond donors (Lipinski definition) is 2. The Morgan fingerprint density at radius 1 is 1.12 bits per heavy atom. The van der Waals surface area contributed by atoms with Crippen molar-refractivity contribution in [1.82, 2.24) is 10.6 Å². The van der Waals surface area contributed by atoms with Crippen LogP contribution in [0.5, 0.6) is 0 Å². The van der Waals surface area contributed by atoms with E-state index < -0.39 is 11.8 Å². The largest absolute Gasteiger partial charge is 0.347 e. The van der Waals surface area contributed by atoms with Crippen LogP contribution >= 0.6 is 11.6 Å². The molecule has 0 aromatic heterocycles. The van der Waals surface area contributed by atoms with Crippen LogP contribution in [0.2, 0.25) is 0 Å². The fraction of sp³-hybridized carbons (Fsp3) is 0.273. The van der Waals surface area contributed by atoms with Gasteiger partial charge in [0.15, 0.2) is 0 Å². The number of carbonyl (C=O) groups excluding carboxylic acids is 2. The van der Waals surface area contributed by atoms with Crippen molar-refractivity contribution in [2.45, 2.75) is 6.54 Å². The van der Waals surface area contributed by atoms with Crippen LogP contribution in [0.1, 0.15) is 5.56 Å². The Kier molecular flexibility index (Phi) is 5.42. The monoisotopic (exact) mass is 258 g/mol. The van der Waals surface area contributed by atoms with E-state index >= 15 is 0 Å². The molecule has 2 amide bonds. The summed E-state index contributed by atoms with van der Waals surface area (Å²) < 4.78 is 12.6. The first-order valence-corrected chi connectivity index (χ1v) is 5.53. The lowest BCUT2D eigenvalue weighted by atomic mass is 10.2. The van der Waals surface area contributed by atoms with Gasteiger partial charge in [-0.05, 0) is 17.7 Å². The van der Waals surface area contributed by atoms with Gasteiger partial charge in [0.25, 0.3) is 0 Å². The smallest absolute Gasteiger partial charge is 0.309 e. The van der Waals surface area contributed by atoms with Crippen LogP contribution in [0.15, 0.2) is 24.3 Å². The summed E-state index contributed by atoms with van der Waals surface area (Å²) in [5, 5.41) is 4.75. The maximum atomic E-state index is 12.6. The second-order valence-electron chi connectivity index (χ2n) is 3.25. The second kappa shape index (κ2) is 6.85. The number of nitrogens with one attached hydrogen (secondary N) is 2. The standard InChI is InChI=1S/C11H12ClFN2O2/c12-5-6-14-10(16)11(17)15-7-8-1-3-9(13)4-2-8/h1-4H,5-7H2,(H,14,16)(H,15,17). The van der Waals surface area contributed by atoms with Gasteiger partial charge in [-0.1, -0.05) is 12.1 Å². The average molecular weight is 259 g/mol. The van der Waals surface area contributed by atoms with Crippen LogP contribution in [-0.2, 0) is 16.1 Å². The van der Waals surface area contributed by atoms with Crippen molar-refractivity contribution in [2.75, 3.05) is 12.4 Å². The molecule has 2 N–H and O–H groups in total. The Hall–Kier alpha value is -1.62. The van der Waals surface area contributed by atoms with Gasteiger partial charge in [0.1, 0.15) is 5.82 Å². The summed E-state index contributed by atoms with van der Waals surface area (Å²) in [4.78, 5) is 22.4. The zero-order valence-electron chi connectivity index (χ0n) is 9.00. The molecule has 0 spiro atoms. The topological polar surface area (TPSA) is 58.2 Å². The molecule has 0 aliphatic heterocycles. The van der Waals surface area contributed by atoms with Crippen LogP contribution in [-0.4, -0.2) is 24.2 Å². The Morgan fingerprint density at radius 3 is 2.29 bits per heavy atom. The van der Waals surface area contributed by atoms with Crippen molar-refractivity contribution in [3.8, 4) is 0 Å². The third-order valence-electron chi connectivity index (χ3n) is 1.95. The summed E-state index contributed by atoms with van der Waals surface area (Å²) in [5.41, 5.74) is 0.713. The molecule has 1 rings (SSSR count). The van der Waals surface area contributed by atoms with E-state index in [9.17, 15) is 14.0 Å². The van der Waals surface area contributed by atoms with Crippen molar-refractivity contribution < 1.29 is 14.0 Å². The van der Waals surface area contributed by atoms with E-state index in [0.717, 1.165) is 0 Å². The summed E-state index contributed by atoms with van der Waals surface area (Å²) >= 11 is 5.36. The first kappa shape index (κ1) is 13.4. The summed E-state index contributed by atoms with van der Waals surface area (Å²) in [6.45, 7) is 0.414. The van der Waals surface area contributed by atoms with Crippen LogP contribution in [0, 0.1) is 5.82 Å². The minimum atomic E-state index is -0.737. The molecule has 6 heteroatoms. The maximum absolute atomic E-state index is 12.6. The van der Waals surface area contributed by atoms with Crippen molar-refractivity contribution in [2.24, 2.45) is 0 Å². The minimum Gasteiger partial charge on any atom is -0.347 e. The van der Waals surface area contributed by atoms with E-state index in [0.29, 0.717) is 5.56 Å². The van der Waals surface area contributed by atoms with Gasteiger partial charge in [-0.15, -0.1) is 11.6 Å². The molecule has 0 heterocycles. The predicted octanol–water partition coefficient (Wildman–Crippen LogP) is 0.797. The molecule has 0 fully saturated rings. The van der Waals surface area contributed by atoms with Gasteiger partial charge in [0, 0.05) is 19.0 Å². The third-order valence-corrected chi connectivity index (χ3v) is 2.14. The fourth-order valence-corrected chi connectivity index (χ4v) is 1.20. The van der Waals surface area contributed by atoms with Crippen LogP contribution in [0.3, 0.4) is 0 Å². The van der Waals surface area contributed by atoms with Crippen LogP contribution in [0.4, 0.5) is 4.39 Å². The number of hydrogen-bond acceptors (Lipinski definition) is 2. The van der Waals surface area contributed by atoms with Crippen LogP contribution < -0.4 is 10.6 Å². The zero-order valence-corrected chi connectivity index (χ0v) is 9.76. The molecular weight excluding hydrogens is 247 g/mol. The molecular formula is C11H12ClFN2O2. The quantitative estimate of drug-likeness (QED) is 0.620. The number of halogens is 2. The lowest BCUT2D eigenvalue weighted by Crippen LogP contribution is -2.40. The van der Waals surface area contributed by atoms with Crippen molar-refractivity contribution >= 4 is 23.4 Å². The molecule has 0 bridgehead atoms. The number of carbonyl (C=O) groups is 2. The Morgan fingerprint density at radius 2 is 1.71 bits per heavy atom.